The lowest BCUT2D eigenvalue weighted by Crippen LogP contribution is -2.15. The predicted octanol–water partition coefficient (Wildman–Crippen LogP) is 2.26. The summed E-state index contributed by atoms with van der Waals surface area (Å²) in [5.74, 6) is -1.28. The van der Waals surface area contributed by atoms with Gasteiger partial charge in [0.05, 0.1) is 5.56 Å². The van der Waals surface area contributed by atoms with Crippen molar-refractivity contribution in [2.24, 2.45) is 0 Å². The smallest absolute Gasteiger partial charge is 0.339 e. The summed E-state index contributed by atoms with van der Waals surface area (Å²) in [6.07, 6.45) is 0. The minimum Gasteiger partial charge on any atom is -0.461 e. The zero-order valence-electron chi connectivity index (χ0n) is 8.39. The van der Waals surface area contributed by atoms with E-state index in [0.717, 1.165) is 4.47 Å². The molecule has 94 valence electrons. The van der Waals surface area contributed by atoms with Crippen LogP contribution >= 0.6 is 31.9 Å². The second-order valence-electron chi connectivity index (χ2n) is 3.05. The van der Waals surface area contributed by atoms with E-state index in [1.165, 1.54) is 6.07 Å². The molecule has 0 heterocycles. The van der Waals surface area contributed by atoms with Crippen LogP contribution in [0.4, 0.5) is 0 Å². The van der Waals surface area contributed by atoms with Crippen molar-refractivity contribution in [1.29, 1.82) is 0 Å². The molecule has 0 atom stereocenters. The summed E-state index contributed by atoms with van der Waals surface area (Å²) in [4.78, 5) is 11.5. The van der Waals surface area contributed by atoms with Gasteiger partial charge in [0, 0.05) is 8.95 Å². The fourth-order valence-corrected chi connectivity index (χ4v) is 2.48. The monoisotopic (exact) mass is 386 g/mol. The molecule has 0 saturated carbocycles. The Balaban J connectivity index is 2.65. The lowest BCUT2D eigenvalue weighted by atomic mass is 10.2. The van der Waals surface area contributed by atoms with Crippen LogP contribution in [0.25, 0.3) is 0 Å². The third-order valence-corrected chi connectivity index (χ3v) is 3.56. The molecule has 8 heteroatoms. The van der Waals surface area contributed by atoms with Crippen LogP contribution in [0, 0.1) is 0 Å². The number of esters is 1. The highest BCUT2D eigenvalue weighted by Crippen LogP contribution is 2.22. The average Bonchev–Trinajstić information content (AvgIpc) is 2.15. The first-order chi connectivity index (χ1) is 7.79. The summed E-state index contributed by atoms with van der Waals surface area (Å²) in [6, 6.07) is 4.85. The fraction of sp³-hybridized carbons (Fsp3) is 0.222. The van der Waals surface area contributed by atoms with Gasteiger partial charge in [0.15, 0.2) is 0 Å². The Hall–Kier alpha value is -0.440. The largest absolute Gasteiger partial charge is 0.461 e. The average molecular weight is 388 g/mol. The predicted molar refractivity (Wildman–Crippen MR) is 68.5 cm³/mol. The number of rotatable bonds is 4. The molecule has 0 aliphatic heterocycles. The Kier molecular flexibility index (Phi) is 5.11. The van der Waals surface area contributed by atoms with E-state index < -0.39 is 21.8 Å². The van der Waals surface area contributed by atoms with Crippen LogP contribution in [-0.4, -0.2) is 31.3 Å². The van der Waals surface area contributed by atoms with E-state index in [4.69, 9.17) is 9.29 Å². The van der Waals surface area contributed by atoms with E-state index in [-0.39, 0.29) is 12.2 Å². The SMILES string of the molecule is O=C(OCCS(=O)(=O)O)c1ccc(Br)cc1Br. The number of benzene rings is 1. The third-order valence-electron chi connectivity index (χ3n) is 1.73. The van der Waals surface area contributed by atoms with Gasteiger partial charge in [0.2, 0.25) is 0 Å². The molecule has 17 heavy (non-hydrogen) atoms. The van der Waals surface area contributed by atoms with Crippen molar-refractivity contribution < 1.29 is 22.5 Å². The van der Waals surface area contributed by atoms with Crippen molar-refractivity contribution in [2.75, 3.05) is 12.4 Å². The first-order valence-electron chi connectivity index (χ1n) is 4.37. The molecule has 1 aromatic carbocycles. The standard InChI is InChI=1S/C9H8Br2O5S/c10-6-1-2-7(8(11)5-6)9(12)16-3-4-17(13,14)15/h1-2,5H,3-4H2,(H,13,14,15). The second-order valence-corrected chi connectivity index (χ2v) is 6.39. The first kappa shape index (κ1) is 14.6. The normalized spacial score (nSPS) is 11.2. The number of carbonyl (C=O) groups excluding carboxylic acids is 1. The topological polar surface area (TPSA) is 80.7 Å². The number of halogens is 2. The molecule has 0 saturated heterocycles. The van der Waals surface area contributed by atoms with Crippen LogP contribution in [0.3, 0.4) is 0 Å². The van der Waals surface area contributed by atoms with Crippen molar-refractivity contribution in [1.82, 2.24) is 0 Å². The fourth-order valence-electron chi connectivity index (χ4n) is 0.972. The van der Waals surface area contributed by atoms with Gasteiger partial charge < -0.3 is 4.74 Å². The van der Waals surface area contributed by atoms with Crippen LogP contribution in [0.5, 0.6) is 0 Å². The van der Waals surface area contributed by atoms with Crippen LogP contribution in [0.15, 0.2) is 27.1 Å². The van der Waals surface area contributed by atoms with Crippen LogP contribution in [0.1, 0.15) is 10.4 Å². The van der Waals surface area contributed by atoms with E-state index in [0.29, 0.717) is 4.47 Å². The molecule has 0 radical (unpaired) electrons. The van der Waals surface area contributed by atoms with E-state index in [1.54, 1.807) is 12.1 Å². The Labute approximate surface area is 115 Å². The van der Waals surface area contributed by atoms with E-state index in [2.05, 4.69) is 31.9 Å². The van der Waals surface area contributed by atoms with Crippen molar-refractivity contribution >= 4 is 47.9 Å². The maximum Gasteiger partial charge on any atom is 0.339 e. The summed E-state index contributed by atoms with van der Waals surface area (Å²) >= 11 is 6.41. The van der Waals surface area contributed by atoms with Gasteiger partial charge in [-0.15, -0.1) is 0 Å². The van der Waals surface area contributed by atoms with Gasteiger partial charge in [0.25, 0.3) is 10.1 Å². The van der Waals surface area contributed by atoms with Gasteiger partial charge in [-0.1, -0.05) is 15.9 Å². The highest BCUT2D eigenvalue weighted by molar-refractivity contribution is 9.11. The van der Waals surface area contributed by atoms with Gasteiger partial charge >= 0.3 is 5.97 Å². The molecule has 0 bridgehead atoms. The maximum atomic E-state index is 11.5. The van der Waals surface area contributed by atoms with Gasteiger partial charge in [-0.05, 0) is 34.1 Å². The van der Waals surface area contributed by atoms with Gasteiger partial charge in [-0.3, -0.25) is 4.55 Å². The van der Waals surface area contributed by atoms with E-state index in [1.807, 2.05) is 0 Å². The van der Waals surface area contributed by atoms with Crippen LogP contribution in [0.2, 0.25) is 0 Å². The lowest BCUT2D eigenvalue weighted by molar-refractivity contribution is 0.0527. The highest BCUT2D eigenvalue weighted by Gasteiger charge is 2.13. The summed E-state index contributed by atoms with van der Waals surface area (Å²) < 4.78 is 35.3. The Morgan fingerprint density at radius 1 is 1.35 bits per heavy atom. The van der Waals surface area contributed by atoms with Crippen molar-refractivity contribution in [3.05, 3.63) is 32.7 Å². The van der Waals surface area contributed by atoms with Crippen molar-refractivity contribution in [3.63, 3.8) is 0 Å². The number of carbonyl (C=O) groups is 1. The quantitative estimate of drug-likeness (QED) is 0.633. The van der Waals surface area contributed by atoms with Gasteiger partial charge in [0.1, 0.15) is 12.4 Å². The third kappa shape index (κ3) is 5.15. The Morgan fingerprint density at radius 2 is 2.00 bits per heavy atom. The second kappa shape index (κ2) is 5.94. The van der Waals surface area contributed by atoms with Gasteiger partial charge in [-0.2, -0.15) is 8.42 Å². The minimum absolute atomic E-state index is 0.281. The summed E-state index contributed by atoms with van der Waals surface area (Å²) in [5.41, 5.74) is 0.281. The van der Waals surface area contributed by atoms with Crippen molar-refractivity contribution in [3.8, 4) is 0 Å². The minimum atomic E-state index is -4.12. The molecule has 0 aliphatic rings. The summed E-state index contributed by atoms with van der Waals surface area (Å²) in [6.45, 7) is -0.389. The van der Waals surface area contributed by atoms with E-state index in [9.17, 15) is 13.2 Å². The maximum absolute atomic E-state index is 11.5. The molecule has 1 aromatic rings. The number of ether oxygens (including phenoxy) is 1. The highest BCUT2D eigenvalue weighted by atomic mass is 79.9. The zero-order valence-corrected chi connectivity index (χ0v) is 12.4. The Bertz CT molecular complexity index is 526. The molecular formula is C9H8Br2O5S. The zero-order chi connectivity index (χ0) is 13.1. The molecule has 1 N–H and O–H groups in total. The first-order valence-corrected chi connectivity index (χ1v) is 7.56. The molecule has 0 spiro atoms. The summed E-state index contributed by atoms with van der Waals surface area (Å²) in [7, 11) is -4.12. The van der Waals surface area contributed by atoms with Crippen LogP contribution in [-0.2, 0) is 14.9 Å². The molecule has 5 nitrogen and oxygen atoms in total. The molecule has 0 aliphatic carbocycles. The molecular weight excluding hydrogens is 380 g/mol. The summed E-state index contributed by atoms with van der Waals surface area (Å²) in [5, 5.41) is 0. The number of hydrogen-bond donors (Lipinski definition) is 1. The van der Waals surface area contributed by atoms with Crippen molar-refractivity contribution in [2.45, 2.75) is 0 Å². The molecule has 0 unspecified atom stereocenters. The number of hydrogen-bond acceptors (Lipinski definition) is 4. The molecule has 0 aromatic heterocycles. The lowest BCUT2D eigenvalue weighted by Gasteiger charge is -2.05. The van der Waals surface area contributed by atoms with E-state index >= 15 is 0 Å². The van der Waals surface area contributed by atoms with Crippen LogP contribution < -0.4 is 0 Å². The molecule has 1 rings (SSSR count). The van der Waals surface area contributed by atoms with Gasteiger partial charge in [-0.25, -0.2) is 4.79 Å². The molecule has 0 amide bonds. The Morgan fingerprint density at radius 3 is 2.53 bits per heavy atom. The molecule has 0 fully saturated rings.